The first-order valence-electron chi connectivity index (χ1n) is 8.13. The second kappa shape index (κ2) is 14.4. The van der Waals surface area contributed by atoms with Crippen LogP contribution >= 0.6 is 0 Å². The zero-order valence-corrected chi connectivity index (χ0v) is 13.4. The lowest BCUT2D eigenvalue weighted by Crippen LogP contribution is -2.15. The number of carbonyl (C=O) groups excluding carboxylic acids is 1. The summed E-state index contributed by atoms with van der Waals surface area (Å²) in [4.78, 5) is 11.1. The zero-order valence-electron chi connectivity index (χ0n) is 13.4. The highest BCUT2D eigenvalue weighted by atomic mass is 16.5. The molecule has 0 aliphatic carbocycles. The SMILES string of the molecule is C=CCCCCC(C/C=C\CCCCCC)OC(C)=O. The number of allylic oxidation sites excluding steroid dienone is 2. The van der Waals surface area contributed by atoms with Gasteiger partial charge in [0.15, 0.2) is 0 Å². The van der Waals surface area contributed by atoms with Crippen LogP contribution in [0.3, 0.4) is 0 Å². The van der Waals surface area contributed by atoms with Gasteiger partial charge in [-0.2, -0.15) is 0 Å². The van der Waals surface area contributed by atoms with E-state index in [0.29, 0.717) is 0 Å². The Morgan fingerprint density at radius 3 is 2.50 bits per heavy atom. The number of hydrogen-bond donors (Lipinski definition) is 0. The van der Waals surface area contributed by atoms with Gasteiger partial charge in [0.05, 0.1) is 0 Å². The molecule has 2 nitrogen and oxygen atoms in total. The summed E-state index contributed by atoms with van der Waals surface area (Å²) < 4.78 is 5.36. The largest absolute Gasteiger partial charge is 0.462 e. The summed E-state index contributed by atoms with van der Waals surface area (Å²) in [5.41, 5.74) is 0. The maximum absolute atomic E-state index is 11.1. The maximum atomic E-state index is 11.1. The lowest BCUT2D eigenvalue weighted by Gasteiger charge is -2.15. The fourth-order valence-corrected chi connectivity index (χ4v) is 2.18. The second-order valence-corrected chi connectivity index (χ2v) is 5.36. The van der Waals surface area contributed by atoms with Gasteiger partial charge in [-0.15, -0.1) is 6.58 Å². The molecule has 0 rings (SSSR count). The number of esters is 1. The number of ether oxygens (including phenoxy) is 1. The Balaban J connectivity index is 3.81. The van der Waals surface area contributed by atoms with Gasteiger partial charge in [-0.25, -0.2) is 0 Å². The predicted molar refractivity (Wildman–Crippen MR) is 86.7 cm³/mol. The van der Waals surface area contributed by atoms with Gasteiger partial charge in [0.25, 0.3) is 0 Å². The Labute approximate surface area is 125 Å². The maximum Gasteiger partial charge on any atom is 0.302 e. The van der Waals surface area contributed by atoms with Crippen molar-refractivity contribution in [3.8, 4) is 0 Å². The van der Waals surface area contributed by atoms with Crippen molar-refractivity contribution < 1.29 is 9.53 Å². The number of carbonyl (C=O) groups is 1. The molecule has 2 heteroatoms. The highest BCUT2D eigenvalue weighted by Crippen LogP contribution is 2.12. The average Bonchev–Trinajstić information content (AvgIpc) is 2.41. The molecule has 0 fully saturated rings. The van der Waals surface area contributed by atoms with Gasteiger partial charge >= 0.3 is 5.97 Å². The molecule has 0 aromatic rings. The molecule has 0 aliphatic rings. The Morgan fingerprint density at radius 2 is 1.85 bits per heavy atom. The summed E-state index contributed by atoms with van der Waals surface area (Å²) >= 11 is 0. The second-order valence-electron chi connectivity index (χ2n) is 5.36. The molecule has 0 heterocycles. The highest BCUT2D eigenvalue weighted by Gasteiger charge is 2.09. The van der Waals surface area contributed by atoms with Crippen LogP contribution in [0.15, 0.2) is 24.8 Å². The molecule has 116 valence electrons. The van der Waals surface area contributed by atoms with Crippen LogP contribution in [0.4, 0.5) is 0 Å². The van der Waals surface area contributed by atoms with E-state index in [2.05, 4.69) is 25.7 Å². The van der Waals surface area contributed by atoms with Crippen molar-refractivity contribution in [2.45, 2.75) is 84.2 Å². The van der Waals surface area contributed by atoms with E-state index in [4.69, 9.17) is 4.74 Å². The molecule has 0 saturated heterocycles. The van der Waals surface area contributed by atoms with E-state index in [1.54, 1.807) is 0 Å². The van der Waals surface area contributed by atoms with E-state index < -0.39 is 0 Å². The standard InChI is InChI=1S/C18H32O2/c1-4-6-8-10-11-12-14-16-18(20-17(3)19)15-13-9-7-5-2/h5,12,14,18H,2,4,6-11,13,15-16H2,1,3H3/b14-12-. The van der Waals surface area contributed by atoms with E-state index >= 15 is 0 Å². The Kier molecular flexibility index (Phi) is 13.6. The zero-order chi connectivity index (χ0) is 15.1. The molecule has 0 saturated carbocycles. The van der Waals surface area contributed by atoms with Gasteiger partial charge in [-0.3, -0.25) is 4.79 Å². The number of rotatable bonds is 13. The van der Waals surface area contributed by atoms with Crippen molar-refractivity contribution in [2.75, 3.05) is 0 Å². The fourth-order valence-electron chi connectivity index (χ4n) is 2.18. The molecule has 0 N–H and O–H groups in total. The first-order chi connectivity index (χ1) is 9.70. The molecule has 0 radical (unpaired) electrons. The minimum Gasteiger partial charge on any atom is -0.462 e. The third-order valence-electron chi connectivity index (χ3n) is 3.31. The lowest BCUT2D eigenvalue weighted by atomic mass is 10.1. The van der Waals surface area contributed by atoms with Gasteiger partial charge in [-0.05, 0) is 38.5 Å². The van der Waals surface area contributed by atoms with Crippen LogP contribution in [-0.2, 0) is 9.53 Å². The van der Waals surface area contributed by atoms with Crippen molar-refractivity contribution in [1.29, 1.82) is 0 Å². The first kappa shape index (κ1) is 18.9. The Bertz CT molecular complexity index is 269. The van der Waals surface area contributed by atoms with Gasteiger partial charge in [-0.1, -0.05) is 44.4 Å². The Morgan fingerprint density at radius 1 is 1.10 bits per heavy atom. The van der Waals surface area contributed by atoms with Crippen LogP contribution in [0.5, 0.6) is 0 Å². The molecule has 0 aliphatic heterocycles. The smallest absolute Gasteiger partial charge is 0.302 e. The molecular formula is C18H32O2. The molecule has 20 heavy (non-hydrogen) atoms. The van der Waals surface area contributed by atoms with E-state index in [0.717, 1.165) is 38.5 Å². The molecular weight excluding hydrogens is 248 g/mol. The minimum absolute atomic E-state index is 0.0456. The van der Waals surface area contributed by atoms with E-state index in [-0.39, 0.29) is 12.1 Å². The first-order valence-corrected chi connectivity index (χ1v) is 8.13. The topological polar surface area (TPSA) is 26.3 Å². The van der Waals surface area contributed by atoms with Crippen LogP contribution in [0.25, 0.3) is 0 Å². The molecule has 0 bridgehead atoms. The van der Waals surface area contributed by atoms with Gasteiger partial charge in [0.2, 0.25) is 0 Å². The fraction of sp³-hybridized carbons (Fsp3) is 0.722. The minimum atomic E-state index is -0.171. The van der Waals surface area contributed by atoms with Crippen LogP contribution in [0.2, 0.25) is 0 Å². The van der Waals surface area contributed by atoms with E-state index in [9.17, 15) is 4.79 Å². The van der Waals surface area contributed by atoms with Crippen molar-refractivity contribution in [2.24, 2.45) is 0 Å². The number of unbranched alkanes of at least 4 members (excludes halogenated alkanes) is 6. The van der Waals surface area contributed by atoms with Gasteiger partial charge in [0.1, 0.15) is 6.10 Å². The van der Waals surface area contributed by atoms with Crippen LogP contribution in [-0.4, -0.2) is 12.1 Å². The molecule has 0 amide bonds. The molecule has 0 aromatic heterocycles. The third-order valence-corrected chi connectivity index (χ3v) is 3.31. The summed E-state index contributed by atoms with van der Waals surface area (Å²) in [6.07, 6.45) is 17.8. The van der Waals surface area contributed by atoms with Crippen molar-refractivity contribution in [3.63, 3.8) is 0 Å². The van der Waals surface area contributed by atoms with Gasteiger partial charge in [0, 0.05) is 13.3 Å². The summed E-state index contributed by atoms with van der Waals surface area (Å²) in [7, 11) is 0. The predicted octanol–water partition coefficient (Wildman–Crippen LogP) is 5.58. The van der Waals surface area contributed by atoms with E-state index in [1.807, 2.05) is 6.08 Å². The van der Waals surface area contributed by atoms with E-state index in [1.165, 1.54) is 32.6 Å². The molecule has 0 spiro atoms. The number of hydrogen-bond acceptors (Lipinski definition) is 2. The summed E-state index contributed by atoms with van der Waals surface area (Å²) in [6.45, 7) is 7.44. The van der Waals surface area contributed by atoms with Crippen molar-refractivity contribution in [3.05, 3.63) is 24.8 Å². The molecule has 1 unspecified atom stereocenters. The lowest BCUT2D eigenvalue weighted by molar-refractivity contribution is -0.146. The molecule has 1 atom stereocenters. The third kappa shape index (κ3) is 13.4. The van der Waals surface area contributed by atoms with Crippen molar-refractivity contribution in [1.82, 2.24) is 0 Å². The van der Waals surface area contributed by atoms with Crippen LogP contribution in [0, 0.1) is 0 Å². The summed E-state index contributed by atoms with van der Waals surface area (Å²) in [5.74, 6) is -0.171. The monoisotopic (exact) mass is 280 g/mol. The van der Waals surface area contributed by atoms with Crippen LogP contribution in [0.1, 0.15) is 78.1 Å². The summed E-state index contributed by atoms with van der Waals surface area (Å²) in [5, 5.41) is 0. The Hall–Kier alpha value is -1.05. The average molecular weight is 280 g/mol. The quantitative estimate of drug-likeness (QED) is 0.250. The van der Waals surface area contributed by atoms with Crippen LogP contribution < -0.4 is 0 Å². The molecule has 0 aromatic carbocycles. The van der Waals surface area contributed by atoms with Gasteiger partial charge < -0.3 is 4.74 Å². The van der Waals surface area contributed by atoms with Crippen molar-refractivity contribution >= 4 is 5.97 Å². The normalized spacial score (nSPS) is 12.5. The highest BCUT2D eigenvalue weighted by molar-refractivity contribution is 5.66. The summed E-state index contributed by atoms with van der Waals surface area (Å²) in [6, 6.07) is 0.